The Labute approximate surface area is 147 Å². The number of alkyl halides is 3. The van der Waals surface area contributed by atoms with E-state index in [9.17, 15) is 13.2 Å². The number of halogens is 3. The quantitative estimate of drug-likeness (QED) is 0.597. The number of thioether (sulfide) groups is 1. The van der Waals surface area contributed by atoms with E-state index >= 15 is 0 Å². The molecule has 0 radical (unpaired) electrons. The molecule has 7 heteroatoms. The van der Waals surface area contributed by atoms with Gasteiger partial charge in [-0.25, -0.2) is 0 Å². The van der Waals surface area contributed by atoms with E-state index < -0.39 is 11.7 Å². The predicted octanol–water partition coefficient (Wildman–Crippen LogP) is 5.20. The minimum atomic E-state index is -4.36. The molecule has 3 rings (SSSR count). The summed E-state index contributed by atoms with van der Waals surface area (Å²) >= 11 is 1.23. The number of aromatic nitrogens is 3. The highest BCUT2D eigenvalue weighted by Crippen LogP contribution is 2.34. The van der Waals surface area contributed by atoms with Gasteiger partial charge in [-0.2, -0.15) is 13.2 Å². The molecule has 0 unspecified atom stereocenters. The van der Waals surface area contributed by atoms with Gasteiger partial charge in [0.15, 0.2) is 5.16 Å². The van der Waals surface area contributed by atoms with Crippen LogP contribution in [0.4, 0.5) is 13.2 Å². The fourth-order valence-corrected chi connectivity index (χ4v) is 3.55. The molecule has 1 heterocycles. The van der Waals surface area contributed by atoms with Gasteiger partial charge in [-0.05, 0) is 37.1 Å². The van der Waals surface area contributed by atoms with Crippen molar-refractivity contribution in [2.45, 2.75) is 30.9 Å². The largest absolute Gasteiger partial charge is 0.416 e. The summed E-state index contributed by atoms with van der Waals surface area (Å²) in [4.78, 5) is 0. The molecule has 25 heavy (non-hydrogen) atoms. The Bertz CT molecular complexity index is 887. The third kappa shape index (κ3) is 3.87. The standard InChI is InChI=1S/C18H16F3N3S/c1-12-7-8-16(13(2)9-12)24-11-22-23-17(24)25-10-14-5-3-4-6-15(14)18(19,20)21/h3-9,11H,10H2,1-2H3. The van der Waals surface area contributed by atoms with Crippen LogP contribution in [-0.4, -0.2) is 14.8 Å². The zero-order chi connectivity index (χ0) is 18.0. The topological polar surface area (TPSA) is 30.7 Å². The molecule has 2 aromatic carbocycles. The average molecular weight is 363 g/mol. The first-order valence-electron chi connectivity index (χ1n) is 7.62. The van der Waals surface area contributed by atoms with E-state index in [1.54, 1.807) is 17.0 Å². The van der Waals surface area contributed by atoms with Gasteiger partial charge in [0.05, 0.1) is 11.3 Å². The fraction of sp³-hybridized carbons (Fsp3) is 0.222. The Kier molecular flexibility index (Phi) is 4.85. The second-order valence-electron chi connectivity index (χ2n) is 5.72. The molecule has 0 fully saturated rings. The number of hydrogen-bond acceptors (Lipinski definition) is 3. The molecular formula is C18H16F3N3S. The molecule has 0 aliphatic carbocycles. The van der Waals surface area contributed by atoms with Crippen LogP contribution in [0, 0.1) is 13.8 Å². The van der Waals surface area contributed by atoms with E-state index in [2.05, 4.69) is 10.2 Å². The molecule has 0 spiro atoms. The molecule has 0 amide bonds. The van der Waals surface area contributed by atoms with E-state index in [-0.39, 0.29) is 11.3 Å². The van der Waals surface area contributed by atoms with E-state index in [1.807, 2.05) is 32.0 Å². The van der Waals surface area contributed by atoms with Crippen molar-refractivity contribution in [2.24, 2.45) is 0 Å². The van der Waals surface area contributed by atoms with Crippen molar-refractivity contribution < 1.29 is 13.2 Å². The number of hydrogen-bond donors (Lipinski definition) is 0. The van der Waals surface area contributed by atoms with Crippen LogP contribution < -0.4 is 0 Å². The molecule has 130 valence electrons. The second kappa shape index (κ2) is 6.92. The molecule has 3 nitrogen and oxygen atoms in total. The van der Waals surface area contributed by atoms with Crippen LogP contribution in [0.3, 0.4) is 0 Å². The Hall–Kier alpha value is -2.28. The highest BCUT2D eigenvalue weighted by atomic mass is 32.2. The van der Waals surface area contributed by atoms with Crippen LogP contribution >= 0.6 is 11.8 Å². The van der Waals surface area contributed by atoms with Crippen molar-refractivity contribution in [1.29, 1.82) is 0 Å². The van der Waals surface area contributed by atoms with Crippen LogP contribution in [0.15, 0.2) is 53.9 Å². The fourth-order valence-electron chi connectivity index (χ4n) is 2.63. The van der Waals surface area contributed by atoms with Crippen LogP contribution in [0.5, 0.6) is 0 Å². The minimum Gasteiger partial charge on any atom is -0.276 e. The first-order valence-corrected chi connectivity index (χ1v) is 8.60. The highest BCUT2D eigenvalue weighted by molar-refractivity contribution is 7.98. The van der Waals surface area contributed by atoms with E-state index in [4.69, 9.17) is 0 Å². The number of rotatable bonds is 4. The lowest BCUT2D eigenvalue weighted by molar-refractivity contribution is -0.138. The molecule has 0 aliphatic rings. The van der Waals surface area contributed by atoms with Gasteiger partial charge in [-0.1, -0.05) is 47.7 Å². The SMILES string of the molecule is Cc1ccc(-n2cnnc2SCc2ccccc2C(F)(F)F)c(C)c1. The van der Waals surface area contributed by atoms with Gasteiger partial charge in [-0.15, -0.1) is 10.2 Å². The Morgan fingerprint density at radius 1 is 1.08 bits per heavy atom. The van der Waals surface area contributed by atoms with Crippen molar-refractivity contribution in [3.8, 4) is 5.69 Å². The van der Waals surface area contributed by atoms with Gasteiger partial charge in [0.1, 0.15) is 6.33 Å². The molecule has 0 bridgehead atoms. The summed E-state index contributed by atoms with van der Waals surface area (Å²) in [5, 5.41) is 8.53. The zero-order valence-electron chi connectivity index (χ0n) is 13.7. The van der Waals surface area contributed by atoms with Crippen LogP contribution in [0.2, 0.25) is 0 Å². The third-order valence-electron chi connectivity index (χ3n) is 3.81. The predicted molar refractivity (Wildman–Crippen MR) is 91.8 cm³/mol. The summed E-state index contributed by atoms with van der Waals surface area (Å²) < 4.78 is 41.1. The first kappa shape index (κ1) is 17.5. The molecule has 0 aliphatic heterocycles. The van der Waals surface area contributed by atoms with Crippen molar-refractivity contribution in [3.63, 3.8) is 0 Å². The lowest BCUT2D eigenvalue weighted by Gasteiger charge is -2.13. The van der Waals surface area contributed by atoms with Gasteiger partial charge >= 0.3 is 6.18 Å². The maximum Gasteiger partial charge on any atom is 0.416 e. The zero-order valence-corrected chi connectivity index (χ0v) is 14.5. The summed E-state index contributed by atoms with van der Waals surface area (Å²) in [6.07, 6.45) is -2.78. The normalized spacial score (nSPS) is 11.7. The van der Waals surface area contributed by atoms with E-state index in [1.165, 1.54) is 23.9 Å². The maximum atomic E-state index is 13.1. The van der Waals surface area contributed by atoms with E-state index in [0.717, 1.165) is 22.9 Å². The number of nitrogens with zero attached hydrogens (tertiary/aromatic N) is 3. The smallest absolute Gasteiger partial charge is 0.276 e. The Balaban J connectivity index is 1.86. The van der Waals surface area contributed by atoms with Crippen molar-refractivity contribution >= 4 is 11.8 Å². The van der Waals surface area contributed by atoms with Crippen LogP contribution in [0.1, 0.15) is 22.3 Å². The van der Waals surface area contributed by atoms with Crippen molar-refractivity contribution in [1.82, 2.24) is 14.8 Å². The number of benzene rings is 2. The molecular weight excluding hydrogens is 347 g/mol. The Morgan fingerprint density at radius 3 is 2.56 bits per heavy atom. The molecule has 0 saturated heterocycles. The average Bonchev–Trinajstić information content (AvgIpc) is 3.00. The van der Waals surface area contributed by atoms with Crippen LogP contribution in [0.25, 0.3) is 5.69 Å². The summed E-state index contributed by atoms with van der Waals surface area (Å²) in [5.41, 5.74) is 2.73. The molecule has 0 atom stereocenters. The monoisotopic (exact) mass is 363 g/mol. The first-order chi connectivity index (χ1) is 11.9. The summed E-state index contributed by atoms with van der Waals surface area (Å²) in [6, 6.07) is 11.6. The van der Waals surface area contributed by atoms with E-state index in [0.29, 0.717) is 5.16 Å². The lowest BCUT2D eigenvalue weighted by Crippen LogP contribution is -2.08. The second-order valence-corrected chi connectivity index (χ2v) is 6.66. The minimum absolute atomic E-state index is 0.166. The van der Waals surface area contributed by atoms with Crippen molar-refractivity contribution in [3.05, 3.63) is 71.0 Å². The van der Waals surface area contributed by atoms with Gasteiger partial charge in [-0.3, -0.25) is 4.57 Å². The third-order valence-corrected chi connectivity index (χ3v) is 4.80. The van der Waals surface area contributed by atoms with Gasteiger partial charge in [0, 0.05) is 5.75 Å². The maximum absolute atomic E-state index is 13.1. The molecule has 0 N–H and O–H groups in total. The highest BCUT2D eigenvalue weighted by Gasteiger charge is 2.32. The van der Waals surface area contributed by atoms with Crippen molar-refractivity contribution in [2.75, 3.05) is 0 Å². The molecule has 1 aromatic heterocycles. The summed E-state index contributed by atoms with van der Waals surface area (Å²) in [6.45, 7) is 3.99. The summed E-state index contributed by atoms with van der Waals surface area (Å²) in [7, 11) is 0. The Morgan fingerprint density at radius 2 is 1.84 bits per heavy atom. The molecule has 0 saturated carbocycles. The molecule has 3 aromatic rings. The number of aryl methyl sites for hydroxylation is 2. The summed E-state index contributed by atoms with van der Waals surface area (Å²) in [5.74, 6) is 0.166. The van der Waals surface area contributed by atoms with Gasteiger partial charge in [0.2, 0.25) is 0 Å². The van der Waals surface area contributed by atoms with Gasteiger partial charge < -0.3 is 0 Å². The lowest BCUT2D eigenvalue weighted by atomic mass is 10.1. The van der Waals surface area contributed by atoms with Gasteiger partial charge in [0.25, 0.3) is 0 Å². The van der Waals surface area contributed by atoms with Crippen LogP contribution in [-0.2, 0) is 11.9 Å².